The summed E-state index contributed by atoms with van der Waals surface area (Å²) in [7, 11) is 1.48. The number of rotatable bonds is 5. The largest absolute Gasteiger partial charge is 0.504 e. The van der Waals surface area contributed by atoms with Gasteiger partial charge < -0.3 is 19.9 Å². The van der Waals surface area contributed by atoms with Crippen molar-refractivity contribution in [2.45, 2.75) is 29.0 Å². The zero-order chi connectivity index (χ0) is 23.9. The molecule has 4 aliphatic rings. The Morgan fingerprint density at radius 3 is 2.65 bits per heavy atom. The molecule has 1 aromatic heterocycles. The molecule has 0 spiro atoms. The number of carboxylic acids is 1. The number of fused-ring (bicyclic) bond motifs is 9. The van der Waals surface area contributed by atoms with Crippen LogP contribution in [-0.2, 0) is 14.4 Å². The van der Waals surface area contributed by atoms with Crippen LogP contribution in [0.3, 0.4) is 0 Å². The van der Waals surface area contributed by atoms with Crippen molar-refractivity contribution >= 4 is 40.9 Å². The number of nitrogens with one attached hydrogen (secondary N) is 1. The third-order valence-corrected chi connectivity index (χ3v) is 10.5. The number of hydrogen-bond acceptors (Lipinski definition) is 8. The Morgan fingerprint density at radius 1 is 1.21 bits per heavy atom. The first-order valence-electron chi connectivity index (χ1n) is 11.1. The lowest BCUT2D eigenvalue weighted by molar-refractivity contribution is -0.142. The Morgan fingerprint density at radius 2 is 1.94 bits per heavy atom. The van der Waals surface area contributed by atoms with Crippen molar-refractivity contribution in [3.63, 3.8) is 0 Å². The number of thioether (sulfide) groups is 1. The number of aromatic nitrogens is 1. The summed E-state index contributed by atoms with van der Waals surface area (Å²) in [6, 6.07) is 5.19. The predicted octanol–water partition coefficient (Wildman–Crippen LogP) is 2.10. The number of carboxylic acid groups (broad SMARTS) is 1. The molecule has 11 heteroatoms. The highest BCUT2D eigenvalue weighted by molar-refractivity contribution is 8.00. The Hall–Kier alpha value is -2.79. The third kappa shape index (κ3) is 2.92. The Labute approximate surface area is 202 Å². The second kappa shape index (κ2) is 7.61. The molecule has 3 heterocycles. The van der Waals surface area contributed by atoms with Crippen LogP contribution >= 0.6 is 23.1 Å². The number of imide groups is 1. The molecule has 0 unspecified atom stereocenters. The average molecular weight is 503 g/mol. The summed E-state index contributed by atoms with van der Waals surface area (Å²) in [4.78, 5) is 54.7. The van der Waals surface area contributed by atoms with E-state index < -0.39 is 17.8 Å². The number of benzene rings is 1. The standard InChI is InChI=1S/C23H22N2O7S2/c1-32-12-6-8(2-3-11(12)26)14-15-9-7-10(18(15)33-20-19(14)34-23(31)24-20)17-16(9)21(29)25(22(17)30)5-4-13(27)28/h2-3,6,9-10,14-18,26H,4-5,7H2,1H3,(H,24,31)(H,27,28)/t9-,10+,14+,15+,16+,17-,18-/m1/s1. The van der Waals surface area contributed by atoms with Crippen molar-refractivity contribution in [1.29, 1.82) is 0 Å². The molecule has 0 radical (unpaired) electrons. The maximum Gasteiger partial charge on any atom is 0.305 e. The number of ether oxygens (including phenoxy) is 1. The summed E-state index contributed by atoms with van der Waals surface area (Å²) >= 11 is 2.76. The number of likely N-dealkylation sites (tertiary alicyclic amines) is 1. The first kappa shape index (κ1) is 21.7. The van der Waals surface area contributed by atoms with Crippen molar-refractivity contribution in [2.24, 2.45) is 29.6 Å². The van der Waals surface area contributed by atoms with Crippen molar-refractivity contribution in [1.82, 2.24) is 9.88 Å². The van der Waals surface area contributed by atoms with Crippen LogP contribution < -0.4 is 9.61 Å². The maximum atomic E-state index is 13.3. The second-order valence-corrected chi connectivity index (χ2v) is 11.6. The van der Waals surface area contributed by atoms with Gasteiger partial charge in [-0.15, -0.1) is 11.8 Å². The van der Waals surface area contributed by atoms with Crippen molar-refractivity contribution in [2.75, 3.05) is 13.7 Å². The highest BCUT2D eigenvalue weighted by Gasteiger charge is 2.69. The lowest BCUT2D eigenvalue weighted by Gasteiger charge is -2.43. The van der Waals surface area contributed by atoms with Crippen LogP contribution in [0.25, 0.3) is 0 Å². The minimum atomic E-state index is -1.04. The first-order chi connectivity index (χ1) is 16.3. The van der Waals surface area contributed by atoms with Gasteiger partial charge in [0, 0.05) is 22.6 Å². The fourth-order valence-electron chi connectivity index (χ4n) is 6.77. The highest BCUT2D eigenvalue weighted by atomic mass is 32.2. The van der Waals surface area contributed by atoms with E-state index in [0.29, 0.717) is 5.75 Å². The van der Waals surface area contributed by atoms with Gasteiger partial charge >= 0.3 is 10.8 Å². The minimum absolute atomic E-state index is 0.0191. The van der Waals surface area contributed by atoms with Gasteiger partial charge in [-0.05, 0) is 41.9 Å². The Balaban J connectivity index is 1.42. The number of aliphatic carboxylic acids is 1. The summed E-state index contributed by atoms with van der Waals surface area (Å²) < 4.78 is 5.33. The molecule has 9 nitrogen and oxygen atoms in total. The van der Waals surface area contributed by atoms with Gasteiger partial charge in [-0.3, -0.25) is 24.1 Å². The van der Waals surface area contributed by atoms with Crippen LogP contribution in [0.1, 0.15) is 29.2 Å². The summed E-state index contributed by atoms with van der Waals surface area (Å²) in [6.07, 6.45) is 0.495. The van der Waals surface area contributed by atoms with Crippen molar-refractivity contribution in [3.8, 4) is 11.5 Å². The van der Waals surface area contributed by atoms with Gasteiger partial charge in [0.2, 0.25) is 11.8 Å². The minimum Gasteiger partial charge on any atom is -0.504 e. The normalized spacial score (nSPS) is 33.1. The number of carbonyl (C=O) groups excluding carboxylic acids is 2. The van der Waals surface area contributed by atoms with Crippen LogP contribution in [0.15, 0.2) is 28.0 Å². The van der Waals surface area contributed by atoms with E-state index >= 15 is 0 Å². The zero-order valence-corrected chi connectivity index (χ0v) is 19.7. The second-order valence-electron chi connectivity index (χ2n) is 9.36. The number of nitrogens with zero attached hydrogens (tertiary/aromatic N) is 1. The van der Waals surface area contributed by atoms with E-state index in [0.717, 1.165) is 38.1 Å². The molecule has 178 valence electrons. The number of hydrogen-bond donors (Lipinski definition) is 3. The van der Waals surface area contributed by atoms with Crippen LogP contribution in [0.5, 0.6) is 11.5 Å². The van der Waals surface area contributed by atoms with Crippen LogP contribution in [-0.4, -0.2) is 56.8 Å². The summed E-state index contributed by atoms with van der Waals surface area (Å²) in [5.41, 5.74) is 0.894. The first-order valence-corrected chi connectivity index (χ1v) is 12.8. The zero-order valence-electron chi connectivity index (χ0n) is 18.1. The van der Waals surface area contributed by atoms with Gasteiger partial charge in [0.05, 0.1) is 30.4 Å². The molecule has 34 heavy (non-hydrogen) atoms. The molecule has 1 saturated heterocycles. The molecule has 2 aromatic rings. The molecule has 3 N–H and O–H groups in total. The van der Waals surface area contributed by atoms with E-state index in [1.807, 2.05) is 6.07 Å². The lowest BCUT2D eigenvalue weighted by Crippen LogP contribution is -2.42. The van der Waals surface area contributed by atoms with E-state index in [1.54, 1.807) is 23.9 Å². The number of carbonyl (C=O) groups is 3. The quantitative estimate of drug-likeness (QED) is 0.529. The monoisotopic (exact) mass is 502 g/mol. The number of phenolic OH excluding ortho intramolecular Hbond substituents is 1. The highest BCUT2D eigenvalue weighted by Crippen LogP contribution is 2.68. The predicted molar refractivity (Wildman–Crippen MR) is 122 cm³/mol. The fourth-order valence-corrected chi connectivity index (χ4v) is 9.66. The van der Waals surface area contributed by atoms with E-state index in [1.165, 1.54) is 7.11 Å². The topological polar surface area (TPSA) is 137 Å². The van der Waals surface area contributed by atoms with Crippen LogP contribution in [0.2, 0.25) is 0 Å². The number of methoxy groups -OCH3 is 1. The number of aromatic hydroxyl groups is 1. The number of phenols is 1. The van der Waals surface area contributed by atoms with Crippen LogP contribution in [0.4, 0.5) is 0 Å². The van der Waals surface area contributed by atoms with Gasteiger partial charge in [0.1, 0.15) is 0 Å². The van der Waals surface area contributed by atoms with Gasteiger partial charge in [-0.2, -0.15) is 0 Å². The molecule has 2 saturated carbocycles. The molecule has 1 aromatic carbocycles. The number of aromatic amines is 1. The van der Waals surface area contributed by atoms with Gasteiger partial charge in [-0.25, -0.2) is 0 Å². The molecule has 2 aliphatic carbocycles. The van der Waals surface area contributed by atoms with E-state index in [9.17, 15) is 24.3 Å². The lowest BCUT2D eigenvalue weighted by atomic mass is 9.68. The van der Waals surface area contributed by atoms with E-state index in [-0.39, 0.29) is 64.3 Å². The Bertz CT molecular complexity index is 1290. The Kier molecular flexibility index (Phi) is 4.86. The smallest absolute Gasteiger partial charge is 0.305 e. The maximum absolute atomic E-state index is 13.3. The van der Waals surface area contributed by atoms with Gasteiger partial charge in [0.15, 0.2) is 11.5 Å². The number of H-pyrrole nitrogens is 1. The van der Waals surface area contributed by atoms with Crippen molar-refractivity contribution in [3.05, 3.63) is 38.3 Å². The third-order valence-electron chi connectivity index (χ3n) is 7.93. The molecule has 2 bridgehead atoms. The summed E-state index contributed by atoms with van der Waals surface area (Å²) in [6.45, 7) is -0.0961. The summed E-state index contributed by atoms with van der Waals surface area (Å²) in [5.74, 6) is -2.29. The fraction of sp³-hybridized carbons (Fsp3) is 0.478. The molecule has 7 atom stereocenters. The average Bonchev–Trinajstić information content (AvgIpc) is 3.52. The van der Waals surface area contributed by atoms with Gasteiger partial charge in [0.25, 0.3) is 0 Å². The SMILES string of the molecule is COc1cc([C@@H]2c3sc(=O)[nH]c3S[C@@H]3[C@H]4C[C@@H]([C@@H]5C(=O)N(CCC(=O)O)C(=O)[C@H]45)[C@@H]23)ccc1O. The van der Waals surface area contributed by atoms with Gasteiger partial charge in [-0.1, -0.05) is 17.4 Å². The number of amides is 2. The summed E-state index contributed by atoms with van der Waals surface area (Å²) in [5, 5.41) is 20.0. The van der Waals surface area contributed by atoms with E-state index in [4.69, 9.17) is 9.84 Å². The molecular formula is C23H22N2O7S2. The van der Waals surface area contributed by atoms with E-state index in [2.05, 4.69) is 4.98 Å². The van der Waals surface area contributed by atoms with Crippen molar-refractivity contribution < 1.29 is 29.3 Å². The molecule has 3 fully saturated rings. The molecular weight excluding hydrogens is 480 g/mol. The molecule has 2 aliphatic heterocycles. The number of thiazole rings is 1. The van der Waals surface area contributed by atoms with Crippen LogP contribution in [0, 0.1) is 29.6 Å². The molecule has 6 rings (SSSR count). The molecule has 2 amide bonds.